The Kier molecular flexibility index (Phi) is 6.68. The molecule has 1 aliphatic heterocycles. The van der Waals surface area contributed by atoms with Crippen molar-refractivity contribution in [2.45, 2.75) is 31.0 Å². The van der Waals surface area contributed by atoms with E-state index in [9.17, 15) is 13.2 Å². The molecule has 4 aromatic rings. The van der Waals surface area contributed by atoms with Crippen LogP contribution in [0.1, 0.15) is 29.3 Å². The van der Waals surface area contributed by atoms with Gasteiger partial charge in [0.05, 0.1) is 5.69 Å². The van der Waals surface area contributed by atoms with Crippen LogP contribution in [0.2, 0.25) is 0 Å². The first kappa shape index (κ1) is 23.7. The van der Waals surface area contributed by atoms with Crippen molar-refractivity contribution in [3.8, 4) is 22.6 Å². The lowest BCUT2D eigenvalue weighted by Crippen LogP contribution is -2.42. The Bertz CT molecular complexity index is 1270. The van der Waals surface area contributed by atoms with Crippen molar-refractivity contribution in [2.24, 2.45) is 0 Å². The van der Waals surface area contributed by atoms with Crippen LogP contribution in [0.3, 0.4) is 0 Å². The summed E-state index contributed by atoms with van der Waals surface area (Å²) in [6.07, 6.45) is -2.94. The molecule has 0 spiro atoms. The van der Waals surface area contributed by atoms with E-state index in [1.165, 1.54) is 0 Å². The molecule has 0 atom stereocenters. The molecule has 1 N–H and O–H groups in total. The maximum absolute atomic E-state index is 12.8. The molecule has 182 valence electrons. The fourth-order valence-electron chi connectivity index (χ4n) is 4.21. The molecule has 0 unspecified atom stereocenters. The monoisotopic (exact) mass is 500 g/mol. The maximum Gasteiger partial charge on any atom is 0.471 e. The maximum atomic E-state index is 12.8. The Hall–Kier alpha value is -3.08. The van der Waals surface area contributed by atoms with Crippen LogP contribution in [0.5, 0.6) is 0 Å². The number of nitrogens with zero attached hydrogens (tertiary/aromatic N) is 3. The molecule has 0 radical (unpaired) electrons. The van der Waals surface area contributed by atoms with Gasteiger partial charge in [-0.15, -0.1) is 11.3 Å². The Morgan fingerprint density at radius 3 is 2.49 bits per heavy atom. The number of hydrogen-bond acceptors (Lipinski definition) is 7. The molecular formula is C25H23F3N4O2S. The van der Waals surface area contributed by atoms with Crippen molar-refractivity contribution < 1.29 is 22.4 Å². The highest BCUT2D eigenvalue weighted by Crippen LogP contribution is 2.38. The van der Waals surface area contributed by atoms with Gasteiger partial charge in [-0.25, -0.2) is 4.98 Å². The molecule has 0 aliphatic carbocycles. The highest BCUT2D eigenvalue weighted by molar-refractivity contribution is 7.10. The van der Waals surface area contributed by atoms with Crippen molar-refractivity contribution in [2.75, 3.05) is 19.8 Å². The molecule has 1 saturated heterocycles. The lowest BCUT2D eigenvalue weighted by atomic mass is 9.80. The molecule has 2 aromatic heterocycles. The van der Waals surface area contributed by atoms with Crippen LogP contribution in [0.4, 0.5) is 13.2 Å². The van der Waals surface area contributed by atoms with Crippen LogP contribution in [0, 0.1) is 0 Å². The molecule has 6 nitrogen and oxygen atoms in total. The van der Waals surface area contributed by atoms with Gasteiger partial charge in [-0.3, -0.25) is 0 Å². The Morgan fingerprint density at radius 1 is 0.971 bits per heavy atom. The largest absolute Gasteiger partial charge is 0.471 e. The average molecular weight is 501 g/mol. The van der Waals surface area contributed by atoms with E-state index in [1.807, 2.05) is 24.3 Å². The number of rotatable bonds is 7. The van der Waals surface area contributed by atoms with Crippen molar-refractivity contribution in [3.63, 3.8) is 0 Å². The van der Waals surface area contributed by atoms with Crippen molar-refractivity contribution in [3.05, 3.63) is 76.4 Å². The second kappa shape index (κ2) is 9.88. The number of halogens is 3. The number of aromatic nitrogens is 3. The second-order valence-electron chi connectivity index (χ2n) is 8.52. The molecule has 10 heteroatoms. The Balaban J connectivity index is 1.29. The normalized spacial score (nSPS) is 15.9. The number of thiazole rings is 1. The van der Waals surface area contributed by atoms with E-state index in [0.717, 1.165) is 34.7 Å². The zero-order valence-electron chi connectivity index (χ0n) is 18.7. The second-order valence-corrected chi connectivity index (χ2v) is 9.38. The van der Waals surface area contributed by atoms with Crippen LogP contribution in [0.15, 0.2) is 64.5 Å². The minimum Gasteiger partial charge on any atom is -0.381 e. The minimum absolute atomic E-state index is 0.0868. The van der Waals surface area contributed by atoms with Gasteiger partial charge in [0.1, 0.15) is 5.01 Å². The highest BCUT2D eigenvalue weighted by atomic mass is 32.1. The SMILES string of the molecule is FC(F)(F)c1nc(-c2cccc(CNCC3(c4nc(-c5ccccc5)cs4)CCOCC3)c2)no1. The number of alkyl halides is 3. The number of nitrogens with one attached hydrogen (secondary N) is 1. The smallest absolute Gasteiger partial charge is 0.381 e. The molecule has 1 aliphatic rings. The van der Waals surface area contributed by atoms with E-state index in [1.54, 1.807) is 29.5 Å². The Morgan fingerprint density at radius 2 is 1.74 bits per heavy atom. The molecule has 2 aromatic carbocycles. The van der Waals surface area contributed by atoms with E-state index >= 15 is 0 Å². The summed E-state index contributed by atoms with van der Waals surface area (Å²) >= 11 is 1.67. The van der Waals surface area contributed by atoms with Gasteiger partial charge in [-0.2, -0.15) is 18.2 Å². The number of benzene rings is 2. The zero-order chi connectivity index (χ0) is 24.3. The topological polar surface area (TPSA) is 73.1 Å². The predicted molar refractivity (Wildman–Crippen MR) is 126 cm³/mol. The van der Waals surface area contributed by atoms with Gasteiger partial charge in [0.2, 0.25) is 5.82 Å². The molecule has 0 bridgehead atoms. The summed E-state index contributed by atoms with van der Waals surface area (Å²) in [4.78, 5) is 8.46. The lowest BCUT2D eigenvalue weighted by molar-refractivity contribution is -0.159. The van der Waals surface area contributed by atoms with Crippen molar-refractivity contribution in [1.82, 2.24) is 20.4 Å². The molecule has 0 saturated carbocycles. The quantitative estimate of drug-likeness (QED) is 0.350. The third-order valence-corrected chi connectivity index (χ3v) is 7.21. The van der Waals surface area contributed by atoms with Crippen LogP contribution in [-0.2, 0) is 22.9 Å². The van der Waals surface area contributed by atoms with Gasteiger partial charge in [-0.05, 0) is 24.5 Å². The van der Waals surface area contributed by atoms with Gasteiger partial charge in [0.15, 0.2) is 0 Å². The average Bonchev–Trinajstić information content (AvgIpc) is 3.56. The lowest BCUT2D eigenvalue weighted by Gasteiger charge is -2.35. The summed E-state index contributed by atoms with van der Waals surface area (Å²) in [7, 11) is 0. The summed E-state index contributed by atoms with van der Waals surface area (Å²) in [5.74, 6) is -1.44. The summed E-state index contributed by atoms with van der Waals surface area (Å²) in [5, 5.41) is 10.2. The van der Waals surface area contributed by atoms with Crippen LogP contribution in [-0.4, -0.2) is 34.9 Å². The zero-order valence-corrected chi connectivity index (χ0v) is 19.5. The first-order valence-electron chi connectivity index (χ1n) is 11.2. The number of hydrogen-bond donors (Lipinski definition) is 1. The molecular weight excluding hydrogens is 477 g/mol. The predicted octanol–water partition coefficient (Wildman–Crippen LogP) is 5.72. The van der Waals surface area contributed by atoms with Crippen LogP contribution in [0.25, 0.3) is 22.6 Å². The fourth-order valence-corrected chi connectivity index (χ4v) is 5.30. The van der Waals surface area contributed by atoms with E-state index in [-0.39, 0.29) is 11.2 Å². The molecule has 35 heavy (non-hydrogen) atoms. The standard InChI is InChI=1S/C25H23F3N4O2S/c26-25(27,28)22-31-21(32-34-22)19-8-4-5-17(13-19)14-29-16-24(9-11-33-12-10-24)23-30-20(15-35-23)18-6-2-1-3-7-18/h1-8,13,15,29H,9-12,14,16H2. The van der Waals surface area contributed by atoms with Gasteiger partial charge in [0.25, 0.3) is 0 Å². The summed E-state index contributed by atoms with van der Waals surface area (Å²) < 4.78 is 48.4. The van der Waals surface area contributed by atoms with E-state index in [4.69, 9.17) is 9.72 Å². The number of ether oxygens (including phenoxy) is 1. The molecule has 1 fully saturated rings. The van der Waals surface area contributed by atoms with Gasteiger partial charge < -0.3 is 14.6 Å². The minimum atomic E-state index is -4.67. The molecule has 5 rings (SSSR count). The first-order chi connectivity index (χ1) is 16.9. The van der Waals surface area contributed by atoms with Crippen molar-refractivity contribution in [1.29, 1.82) is 0 Å². The van der Waals surface area contributed by atoms with E-state index < -0.39 is 12.1 Å². The summed E-state index contributed by atoms with van der Waals surface area (Å²) in [5.41, 5.74) is 3.31. The summed E-state index contributed by atoms with van der Waals surface area (Å²) in [6.45, 7) is 2.60. The van der Waals surface area contributed by atoms with Gasteiger partial charge in [-0.1, -0.05) is 53.7 Å². The third-order valence-electron chi connectivity index (χ3n) is 6.12. The summed E-state index contributed by atoms with van der Waals surface area (Å²) in [6, 6.07) is 17.2. The van der Waals surface area contributed by atoms with Crippen LogP contribution < -0.4 is 5.32 Å². The third kappa shape index (κ3) is 5.29. The first-order valence-corrected chi connectivity index (χ1v) is 12.1. The van der Waals surface area contributed by atoms with Crippen LogP contribution >= 0.6 is 11.3 Å². The van der Waals surface area contributed by atoms with Gasteiger partial charge >= 0.3 is 12.1 Å². The highest BCUT2D eigenvalue weighted by Gasteiger charge is 2.39. The Labute approximate surface area is 204 Å². The van der Waals surface area contributed by atoms with Gasteiger partial charge in [0, 0.05) is 48.2 Å². The van der Waals surface area contributed by atoms with Crippen molar-refractivity contribution >= 4 is 11.3 Å². The molecule has 3 heterocycles. The van der Waals surface area contributed by atoms with E-state index in [0.29, 0.717) is 31.9 Å². The molecule has 0 amide bonds. The van der Waals surface area contributed by atoms with E-state index in [2.05, 4.69) is 37.5 Å². The fraction of sp³-hybridized carbons (Fsp3) is 0.320.